The Morgan fingerprint density at radius 3 is 2.58 bits per heavy atom. The number of para-hydroxylation sites is 2. The summed E-state index contributed by atoms with van der Waals surface area (Å²) < 4.78 is 1.90. The van der Waals surface area contributed by atoms with Crippen LogP contribution in [0.4, 0.5) is 5.69 Å². The van der Waals surface area contributed by atoms with Crippen molar-refractivity contribution < 1.29 is 9.59 Å². The van der Waals surface area contributed by atoms with Crippen molar-refractivity contribution >= 4 is 29.3 Å². The molecular weight excluding hydrogens is 408 g/mol. The molecule has 1 aliphatic rings. The third-order valence-electron chi connectivity index (χ3n) is 5.50. The van der Waals surface area contributed by atoms with Gasteiger partial charge >= 0.3 is 0 Å². The zero-order valence-corrected chi connectivity index (χ0v) is 18.6. The molecule has 160 valence electrons. The van der Waals surface area contributed by atoms with Crippen molar-refractivity contribution in [2.24, 2.45) is 0 Å². The number of nitrogens with zero attached hydrogens (tertiary/aromatic N) is 3. The van der Waals surface area contributed by atoms with Crippen LogP contribution < -0.4 is 10.2 Å². The van der Waals surface area contributed by atoms with Gasteiger partial charge in [-0.2, -0.15) is 5.10 Å². The molecule has 0 atom stereocenters. The molecular formula is C24H26N4O2S. The van der Waals surface area contributed by atoms with Crippen LogP contribution in [-0.2, 0) is 16.1 Å². The number of rotatable bonds is 6. The molecule has 2 aromatic carbocycles. The number of carbonyl (C=O) groups excluding carboxylic acids is 2. The van der Waals surface area contributed by atoms with Crippen LogP contribution in [0.2, 0.25) is 0 Å². The SMILES string of the molecule is Cc1nn(-c2ccccc2)c(C)c1CNC(=O)CCC(=O)N1CCSc2ccccc21. The molecule has 0 saturated carbocycles. The molecule has 7 heteroatoms. The van der Waals surface area contributed by atoms with Crippen molar-refractivity contribution in [3.05, 3.63) is 71.5 Å². The highest BCUT2D eigenvalue weighted by atomic mass is 32.2. The Labute approximate surface area is 186 Å². The summed E-state index contributed by atoms with van der Waals surface area (Å²) in [5, 5.41) is 7.57. The fourth-order valence-corrected chi connectivity index (χ4v) is 4.81. The summed E-state index contributed by atoms with van der Waals surface area (Å²) in [5.74, 6) is 0.741. The van der Waals surface area contributed by atoms with Gasteiger partial charge in [-0.15, -0.1) is 11.8 Å². The van der Waals surface area contributed by atoms with Gasteiger partial charge < -0.3 is 10.2 Å². The fourth-order valence-electron chi connectivity index (χ4n) is 3.81. The van der Waals surface area contributed by atoms with Crippen molar-refractivity contribution in [1.29, 1.82) is 0 Å². The van der Waals surface area contributed by atoms with Crippen LogP contribution >= 0.6 is 11.8 Å². The van der Waals surface area contributed by atoms with Gasteiger partial charge in [-0.3, -0.25) is 9.59 Å². The minimum atomic E-state index is -0.126. The normalized spacial score (nSPS) is 13.0. The zero-order chi connectivity index (χ0) is 21.8. The van der Waals surface area contributed by atoms with Gasteiger partial charge in [0.05, 0.1) is 17.1 Å². The van der Waals surface area contributed by atoms with Gasteiger partial charge in [0.25, 0.3) is 0 Å². The molecule has 0 fully saturated rings. The largest absolute Gasteiger partial charge is 0.352 e. The summed E-state index contributed by atoms with van der Waals surface area (Å²) in [5.41, 5.74) is 4.84. The maximum atomic E-state index is 12.7. The molecule has 0 radical (unpaired) electrons. The number of carbonyl (C=O) groups is 2. The summed E-state index contributed by atoms with van der Waals surface area (Å²) in [7, 11) is 0. The highest BCUT2D eigenvalue weighted by molar-refractivity contribution is 7.99. The number of aryl methyl sites for hydroxylation is 1. The van der Waals surface area contributed by atoms with E-state index in [0.717, 1.165) is 39.0 Å². The molecule has 0 saturated heterocycles. The van der Waals surface area contributed by atoms with Crippen LogP contribution in [0.5, 0.6) is 0 Å². The van der Waals surface area contributed by atoms with Crippen molar-refractivity contribution in [3.63, 3.8) is 0 Å². The number of nitrogens with one attached hydrogen (secondary N) is 1. The number of anilines is 1. The van der Waals surface area contributed by atoms with Crippen LogP contribution in [0.3, 0.4) is 0 Å². The molecule has 2 heterocycles. The first-order valence-electron chi connectivity index (χ1n) is 10.4. The first-order chi connectivity index (χ1) is 15.0. The zero-order valence-electron chi connectivity index (χ0n) is 17.8. The first kappa shape index (κ1) is 21.2. The predicted octanol–water partition coefficient (Wildman–Crippen LogP) is 4.02. The van der Waals surface area contributed by atoms with E-state index in [4.69, 9.17) is 0 Å². The maximum absolute atomic E-state index is 12.7. The lowest BCUT2D eigenvalue weighted by Crippen LogP contribution is -2.36. The average Bonchev–Trinajstić information content (AvgIpc) is 3.09. The standard InChI is InChI=1S/C24H26N4O2S/c1-17-20(18(2)28(26-17)19-8-4-3-5-9-19)16-25-23(29)12-13-24(30)27-14-15-31-22-11-7-6-10-21(22)27/h3-11H,12-16H2,1-2H3,(H,25,29). The Balaban J connectivity index is 1.33. The monoisotopic (exact) mass is 434 g/mol. The second-order valence-corrected chi connectivity index (χ2v) is 8.67. The van der Waals surface area contributed by atoms with Crippen molar-refractivity contribution in [2.45, 2.75) is 38.1 Å². The quantitative estimate of drug-likeness (QED) is 0.636. The highest BCUT2D eigenvalue weighted by Crippen LogP contribution is 2.34. The van der Waals surface area contributed by atoms with Crippen LogP contribution in [0.15, 0.2) is 59.5 Å². The summed E-state index contributed by atoms with van der Waals surface area (Å²) >= 11 is 1.76. The van der Waals surface area contributed by atoms with E-state index in [-0.39, 0.29) is 24.7 Å². The molecule has 0 unspecified atom stereocenters. The summed E-state index contributed by atoms with van der Waals surface area (Å²) in [6.45, 7) is 5.03. The van der Waals surface area contributed by atoms with Gasteiger partial charge in [-0.1, -0.05) is 30.3 Å². The van der Waals surface area contributed by atoms with Crippen LogP contribution in [0, 0.1) is 13.8 Å². The van der Waals surface area contributed by atoms with Gasteiger partial charge in [0, 0.05) is 47.8 Å². The fraction of sp³-hybridized carbons (Fsp3) is 0.292. The van der Waals surface area contributed by atoms with Crippen LogP contribution in [0.1, 0.15) is 29.8 Å². The molecule has 0 bridgehead atoms. The molecule has 31 heavy (non-hydrogen) atoms. The summed E-state index contributed by atoms with van der Waals surface area (Å²) in [6.07, 6.45) is 0.377. The van der Waals surface area contributed by atoms with E-state index in [1.807, 2.05) is 73.1 Å². The molecule has 4 rings (SSSR count). The molecule has 1 aliphatic heterocycles. The number of hydrogen-bond acceptors (Lipinski definition) is 4. The van der Waals surface area contributed by atoms with E-state index in [0.29, 0.717) is 13.1 Å². The van der Waals surface area contributed by atoms with Gasteiger partial charge in [0.15, 0.2) is 0 Å². The van der Waals surface area contributed by atoms with Crippen molar-refractivity contribution in [2.75, 3.05) is 17.2 Å². The Morgan fingerprint density at radius 1 is 1.03 bits per heavy atom. The number of fused-ring (bicyclic) bond motifs is 1. The average molecular weight is 435 g/mol. The van der Waals surface area contributed by atoms with E-state index in [9.17, 15) is 9.59 Å². The Morgan fingerprint density at radius 2 is 1.77 bits per heavy atom. The van der Waals surface area contributed by atoms with Gasteiger partial charge in [0.2, 0.25) is 11.8 Å². The van der Waals surface area contributed by atoms with Crippen LogP contribution in [-0.4, -0.2) is 33.9 Å². The molecule has 0 spiro atoms. The highest BCUT2D eigenvalue weighted by Gasteiger charge is 2.23. The lowest BCUT2D eigenvalue weighted by Gasteiger charge is -2.29. The smallest absolute Gasteiger partial charge is 0.227 e. The van der Waals surface area contributed by atoms with E-state index < -0.39 is 0 Å². The molecule has 1 N–H and O–H groups in total. The maximum Gasteiger partial charge on any atom is 0.227 e. The number of hydrogen-bond donors (Lipinski definition) is 1. The number of thioether (sulfide) groups is 1. The lowest BCUT2D eigenvalue weighted by molar-refractivity contribution is -0.125. The minimum Gasteiger partial charge on any atom is -0.352 e. The van der Waals surface area contributed by atoms with Gasteiger partial charge in [-0.05, 0) is 38.1 Å². The number of aromatic nitrogens is 2. The third kappa shape index (κ3) is 4.66. The second kappa shape index (κ2) is 9.39. The minimum absolute atomic E-state index is 0.00726. The molecule has 1 aromatic heterocycles. The molecule has 6 nitrogen and oxygen atoms in total. The Bertz CT molecular complexity index is 1090. The Hall–Kier alpha value is -3.06. The second-order valence-electron chi connectivity index (χ2n) is 7.54. The van der Waals surface area contributed by atoms with E-state index in [2.05, 4.69) is 10.4 Å². The molecule has 3 aromatic rings. The van der Waals surface area contributed by atoms with E-state index >= 15 is 0 Å². The first-order valence-corrected chi connectivity index (χ1v) is 11.4. The lowest BCUT2D eigenvalue weighted by atomic mass is 10.2. The van der Waals surface area contributed by atoms with Gasteiger partial charge in [0.1, 0.15) is 0 Å². The van der Waals surface area contributed by atoms with Crippen molar-refractivity contribution in [3.8, 4) is 5.69 Å². The summed E-state index contributed by atoms with van der Waals surface area (Å²) in [6, 6.07) is 17.9. The van der Waals surface area contributed by atoms with E-state index in [1.54, 1.807) is 16.7 Å². The van der Waals surface area contributed by atoms with E-state index in [1.165, 1.54) is 0 Å². The number of benzene rings is 2. The van der Waals surface area contributed by atoms with Crippen molar-refractivity contribution in [1.82, 2.24) is 15.1 Å². The number of amides is 2. The predicted molar refractivity (Wildman–Crippen MR) is 124 cm³/mol. The topological polar surface area (TPSA) is 67.2 Å². The van der Waals surface area contributed by atoms with Gasteiger partial charge in [-0.25, -0.2) is 4.68 Å². The third-order valence-corrected chi connectivity index (χ3v) is 6.54. The summed E-state index contributed by atoms with van der Waals surface area (Å²) in [4.78, 5) is 28.1. The van der Waals surface area contributed by atoms with Crippen LogP contribution in [0.25, 0.3) is 5.69 Å². The molecule has 2 amide bonds. The molecule has 0 aliphatic carbocycles. The Kier molecular flexibility index (Phi) is 6.42.